The maximum absolute atomic E-state index is 11.0. The normalized spacial score (nSPS) is 18.6. The van der Waals surface area contributed by atoms with Crippen LogP contribution in [0.3, 0.4) is 0 Å². The van der Waals surface area contributed by atoms with E-state index in [-0.39, 0.29) is 0 Å². The van der Waals surface area contributed by atoms with Crippen LogP contribution in [-0.4, -0.2) is 68.2 Å². The standard InChI is InChI=1S/C8H15NO7/c9-5(13)1-3(11)6(14)8(16)7(15)4(12)2-10/h4,6-8,10,12,14-16H,1-2H2,(H2,9,13)/t4-,6+,7-,8-/m1/s1. The van der Waals surface area contributed by atoms with Gasteiger partial charge in [0.1, 0.15) is 24.4 Å². The van der Waals surface area contributed by atoms with Crippen molar-refractivity contribution in [3.63, 3.8) is 0 Å². The Bertz CT molecular complexity index is 257. The first kappa shape index (κ1) is 14.9. The molecule has 16 heavy (non-hydrogen) atoms. The molecule has 0 saturated heterocycles. The second-order valence-corrected chi connectivity index (χ2v) is 3.29. The fraction of sp³-hybridized carbons (Fsp3) is 0.750. The average Bonchev–Trinajstić information content (AvgIpc) is 2.23. The number of nitrogens with two attached hydrogens (primary N) is 1. The van der Waals surface area contributed by atoms with Crippen LogP contribution in [0.4, 0.5) is 0 Å². The molecule has 0 aliphatic heterocycles. The molecule has 0 rings (SSSR count). The topological polar surface area (TPSA) is 161 Å². The zero-order valence-electron chi connectivity index (χ0n) is 8.35. The van der Waals surface area contributed by atoms with E-state index >= 15 is 0 Å². The smallest absolute Gasteiger partial charge is 0.224 e. The zero-order chi connectivity index (χ0) is 12.9. The van der Waals surface area contributed by atoms with Crippen molar-refractivity contribution in [2.45, 2.75) is 30.8 Å². The van der Waals surface area contributed by atoms with Gasteiger partial charge < -0.3 is 31.3 Å². The largest absolute Gasteiger partial charge is 0.394 e. The Hall–Kier alpha value is -1.06. The highest BCUT2D eigenvalue weighted by Crippen LogP contribution is 2.07. The van der Waals surface area contributed by atoms with E-state index in [1.807, 2.05) is 0 Å². The molecule has 0 saturated carbocycles. The third-order valence-electron chi connectivity index (χ3n) is 1.93. The number of ketones is 1. The van der Waals surface area contributed by atoms with Crippen molar-refractivity contribution in [3.05, 3.63) is 0 Å². The molecular weight excluding hydrogens is 222 g/mol. The molecule has 0 fully saturated rings. The number of Topliss-reactive ketones (excluding diaryl/α,β-unsaturated/α-hetero) is 1. The van der Waals surface area contributed by atoms with E-state index in [0.29, 0.717) is 0 Å². The van der Waals surface area contributed by atoms with E-state index in [1.54, 1.807) is 0 Å². The van der Waals surface area contributed by atoms with Crippen molar-refractivity contribution in [1.29, 1.82) is 0 Å². The summed E-state index contributed by atoms with van der Waals surface area (Å²) in [4.78, 5) is 21.4. The van der Waals surface area contributed by atoms with Gasteiger partial charge in [0.2, 0.25) is 5.91 Å². The number of aliphatic hydroxyl groups excluding tert-OH is 5. The number of carbonyl (C=O) groups is 2. The lowest BCUT2D eigenvalue weighted by Gasteiger charge is -2.24. The van der Waals surface area contributed by atoms with Crippen LogP contribution >= 0.6 is 0 Å². The van der Waals surface area contributed by atoms with Gasteiger partial charge in [0.25, 0.3) is 0 Å². The molecule has 0 aromatic carbocycles. The van der Waals surface area contributed by atoms with E-state index in [2.05, 4.69) is 5.73 Å². The lowest BCUT2D eigenvalue weighted by molar-refractivity contribution is -0.148. The summed E-state index contributed by atoms with van der Waals surface area (Å²) in [5, 5.41) is 45.0. The molecule has 0 aromatic rings. The number of hydrogen-bond acceptors (Lipinski definition) is 7. The highest BCUT2D eigenvalue weighted by Gasteiger charge is 2.34. The fourth-order valence-corrected chi connectivity index (χ4v) is 0.989. The minimum absolute atomic E-state index is 0.792. The van der Waals surface area contributed by atoms with Crippen LogP contribution in [0.1, 0.15) is 6.42 Å². The first-order valence-electron chi connectivity index (χ1n) is 4.45. The molecule has 0 aliphatic carbocycles. The van der Waals surface area contributed by atoms with Gasteiger partial charge in [-0.2, -0.15) is 0 Å². The monoisotopic (exact) mass is 237 g/mol. The quantitative estimate of drug-likeness (QED) is 0.245. The van der Waals surface area contributed by atoms with E-state index in [0.717, 1.165) is 0 Å². The first-order valence-corrected chi connectivity index (χ1v) is 4.45. The highest BCUT2D eigenvalue weighted by molar-refractivity contribution is 5.99. The van der Waals surface area contributed by atoms with Crippen LogP contribution < -0.4 is 5.73 Å². The van der Waals surface area contributed by atoms with Gasteiger partial charge in [-0.05, 0) is 0 Å². The molecule has 8 heteroatoms. The number of amides is 1. The third kappa shape index (κ3) is 4.21. The summed E-state index contributed by atoms with van der Waals surface area (Å²) >= 11 is 0. The highest BCUT2D eigenvalue weighted by atomic mass is 16.4. The van der Waals surface area contributed by atoms with Crippen LogP contribution in [0.2, 0.25) is 0 Å². The van der Waals surface area contributed by atoms with Crippen molar-refractivity contribution in [2.24, 2.45) is 5.73 Å². The van der Waals surface area contributed by atoms with Crippen molar-refractivity contribution < 1.29 is 35.1 Å². The number of aliphatic hydroxyl groups is 5. The molecule has 7 N–H and O–H groups in total. The predicted octanol–water partition coefficient (Wildman–Crippen LogP) is -4.13. The van der Waals surface area contributed by atoms with Gasteiger partial charge in [-0.1, -0.05) is 0 Å². The molecule has 1 amide bonds. The Morgan fingerprint density at radius 3 is 1.94 bits per heavy atom. The molecule has 0 bridgehead atoms. The van der Waals surface area contributed by atoms with Gasteiger partial charge in [-0.15, -0.1) is 0 Å². The van der Waals surface area contributed by atoms with E-state index < -0.39 is 49.1 Å². The summed E-state index contributed by atoms with van der Waals surface area (Å²) in [7, 11) is 0. The van der Waals surface area contributed by atoms with Crippen LogP contribution in [0.15, 0.2) is 0 Å². The minimum Gasteiger partial charge on any atom is -0.394 e. The van der Waals surface area contributed by atoms with Gasteiger partial charge in [0.05, 0.1) is 13.0 Å². The number of rotatable bonds is 7. The summed E-state index contributed by atoms with van der Waals surface area (Å²) < 4.78 is 0. The van der Waals surface area contributed by atoms with Crippen LogP contribution in [-0.2, 0) is 9.59 Å². The van der Waals surface area contributed by atoms with Gasteiger partial charge in [-0.25, -0.2) is 0 Å². The van der Waals surface area contributed by atoms with Crippen LogP contribution in [0.25, 0.3) is 0 Å². The number of carbonyl (C=O) groups excluding carboxylic acids is 2. The Balaban J connectivity index is 4.42. The Labute approximate surface area is 90.9 Å². The molecule has 0 radical (unpaired) electrons. The van der Waals surface area contributed by atoms with Crippen LogP contribution in [0.5, 0.6) is 0 Å². The molecule has 4 atom stereocenters. The first-order chi connectivity index (χ1) is 7.31. The molecule has 8 nitrogen and oxygen atoms in total. The molecule has 0 unspecified atom stereocenters. The van der Waals surface area contributed by atoms with Gasteiger partial charge in [-0.3, -0.25) is 9.59 Å². The second-order valence-electron chi connectivity index (χ2n) is 3.29. The number of primary amides is 1. The van der Waals surface area contributed by atoms with Crippen molar-refractivity contribution >= 4 is 11.7 Å². The van der Waals surface area contributed by atoms with E-state index in [9.17, 15) is 19.8 Å². The summed E-state index contributed by atoms with van der Waals surface area (Å²) in [5.41, 5.74) is 4.69. The second kappa shape index (κ2) is 6.51. The van der Waals surface area contributed by atoms with Crippen molar-refractivity contribution in [2.75, 3.05) is 6.61 Å². The van der Waals surface area contributed by atoms with Crippen molar-refractivity contribution in [3.8, 4) is 0 Å². The van der Waals surface area contributed by atoms with Gasteiger partial charge in [0, 0.05) is 0 Å². The molecule has 94 valence electrons. The maximum Gasteiger partial charge on any atom is 0.224 e. The van der Waals surface area contributed by atoms with Crippen LogP contribution in [0, 0.1) is 0 Å². The molecule has 0 spiro atoms. The maximum atomic E-state index is 11.0. The van der Waals surface area contributed by atoms with Crippen molar-refractivity contribution in [1.82, 2.24) is 0 Å². The lowest BCUT2D eigenvalue weighted by atomic mass is 9.99. The summed E-state index contributed by atoms with van der Waals surface area (Å²) in [6.07, 6.45) is -8.46. The van der Waals surface area contributed by atoms with Gasteiger partial charge >= 0.3 is 0 Å². The number of hydrogen-bond donors (Lipinski definition) is 6. The predicted molar refractivity (Wildman–Crippen MR) is 49.9 cm³/mol. The fourth-order valence-electron chi connectivity index (χ4n) is 0.989. The molecular formula is C8H15NO7. The average molecular weight is 237 g/mol. The Morgan fingerprint density at radius 1 is 1.06 bits per heavy atom. The Kier molecular flexibility index (Phi) is 6.08. The SMILES string of the molecule is NC(=O)CC(=O)[C@H](O)[C@@H](O)[C@H](O)[C@H](O)CO. The Morgan fingerprint density at radius 2 is 1.56 bits per heavy atom. The van der Waals surface area contributed by atoms with Gasteiger partial charge in [0.15, 0.2) is 5.78 Å². The summed E-state index contributed by atoms with van der Waals surface area (Å²) in [6.45, 7) is -0.852. The zero-order valence-corrected chi connectivity index (χ0v) is 8.35. The lowest BCUT2D eigenvalue weighted by Crippen LogP contribution is -2.49. The molecule has 0 aromatic heterocycles. The van der Waals surface area contributed by atoms with E-state index in [4.69, 9.17) is 15.3 Å². The summed E-state index contributed by atoms with van der Waals surface area (Å²) in [5.74, 6) is -2.07. The third-order valence-corrected chi connectivity index (χ3v) is 1.93. The van der Waals surface area contributed by atoms with E-state index in [1.165, 1.54) is 0 Å². The molecule has 0 heterocycles. The molecule has 0 aliphatic rings. The summed E-state index contributed by atoms with van der Waals surface area (Å²) in [6, 6.07) is 0. The minimum atomic E-state index is -2.05.